The zero-order valence-electron chi connectivity index (χ0n) is 12.7. The number of aliphatic hydroxyl groups excluding tert-OH is 1. The fraction of sp³-hybridized carbons (Fsp3) is 0.571. The monoisotopic (exact) mass is 317 g/mol. The van der Waals surface area contributed by atoms with Gasteiger partial charge in [0.05, 0.1) is 24.7 Å². The molecule has 0 amide bonds. The summed E-state index contributed by atoms with van der Waals surface area (Å²) in [5, 5.41) is 9.38. The van der Waals surface area contributed by atoms with Gasteiger partial charge in [-0.3, -0.25) is 0 Å². The molecule has 1 aromatic carbocycles. The topological polar surface area (TPSA) is 76.1 Å². The van der Waals surface area contributed by atoms with Gasteiger partial charge in [-0.2, -0.15) is 4.31 Å². The number of hydrogen-bond acceptors (Lipinski definition) is 5. The largest absolute Gasteiger partial charge is 0.493 e. The van der Waals surface area contributed by atoms with Crippen molar-refractivity contribution in [2.24, 2.45) is 0 Å². The summed E-state index contributed by atoms with van der Waals surface area (Å²) in [5.41, 5.74) is 0.463. The van der Waals surface area contributed by atoms with Gasteiger partial charge >= 0.3 is 0 Å². The third-order valence-corrected chi connectivity index (χ3v) is 4.84. The summed E-state index contributed by atoms with van der Waals surface area (Å²) >= 11 is 0. The van der Waals surface area contributed by atoms with Gasteiger partial charge in [-0.25, -0.2) is 8.42 Å². The van der Waals surface area contributed by atoms with Crippen LogP contribution in [0.4, 0.5) is 0 Å². The molecule has 1 aromatic rings. The lowest BCUT2D eigenvalue weighted by Crippen LogP contribution is -2.30. The number of likely N-dealkylation sites (N-methyl/N-ethyl adjacent to an activating group) is 1. The van der Waals surface area contributed by atoms with Crippen LogP contribution in [0.2, 0.25) is 0 Å². The molecule has 0 aliphatic heterocycles. The molecule has 1 N–H and O–H groups in total. The number of nitrogens with zero attached hydrogens (tertiary/aromatic N) is 1. The molecule has 0 radical (unpaired) electrons. The second kappa shape index (κ2) is 8.33. The van der Waals surface area contributed by atoms with Gasteiger partial charge in [-0.05, 0) is 24.6 Å². The highest BCUT2D eigenvalue weighted by atomic mass is 32.2. The van der Waals surface area contributed by atoms with Gasteiger partial charge in [0.25, 0.3) is 0 Å². The highest BCUT2D eigenvalue weighted by molar-refractivity contribution is 7.89. The Balaban J connectivity index is 3.02. The third kappa shape index (κ3) is 4.67. The Bertz CT molecular complexity index is 544. The van der Waals surface area contributed by atoms with Crippen molar-refractivity contribution < 1.29 is 23.0 Å². The van der Waals surface area contributed by atoms with E-state index in [1.165, 1.54) is 30.6 Å². The summed E-state index contributed by atoms with van der Waals surface area (Å²) in [4.78, 5) is 0.133. The summed E-state index contributed by atoms with van der Waals surface area (Å²) in [7, 11) is -0.582. The van der Waals surface area contributed by atoms with E-state index in [1.54, 1.807) is 6.07 Å². The van der Waals surface area contributed by atoms with E-state index < -0.39 is 10.0 Å². The minimum atomic E-state index is -3.59. The van der Waals surface area contributed by atoms with Gasteiger partial charge in [0.15, 0.2) is 0 Å². The minimum Gasteiger partial charge on any atom is -0.493 e. The Morgan fingerprint density at radius 1 is 1.29 bits per heavy atom. The standard InChI is InChI=1S/C14H23NO5S/c1-4-8-20-14-6-5-13(10-12(14)11-16)21(17,18)15(2)7-9-19-3/h5-6,10,16H,4,7-9,11H2,1-3H3. The Kier molecular flexibility index (Phi) is 7.10. The molecule has 120 valence electrons. The molecule has 0 aromatic heterocycles. The highest BCUT2D eigenvalue weighted by Crippen LogP contribution is 2.24. The van der Waals surface area contributed by atoms with Crippen molar-refractivity contribution in [3.05, 3.63) is 23.8 Å². The fourth-order valence-electron chi connectivity index (χ4n) is 1.71. The summed E-state index contributed by atoms with van der Waals surface area (Å²) in [6.45, 7) is 2.81. The molecule has 0 saturated heterocycles. The summed E-state index contributed by atoms with van der Waals surface area (Å²) in [5.74, 6) is 0.512. The van der Waals surface area contributed by atoms with Crippen LogP contribution in [0.5, 0.6) is 5.75 Å². The average Bonchev–Trinajstić information content (AvgIpc) is 2.50. The molecular formula is C14H23NO5S. The minimum absolute atomic E-state index is 0.133. The van der Waals surface area contributed by atoms with Crippen LogP contribution in [-0.2, 0) is 21.4 Å². The summed E-state index contributed by atoms with van der Waals surface area (Å²) in [6.07, 6.45) is 0.838. The van der Waals surface area contributed by atoms with Gasteiger partial charge in [0.2, 0.25) is 10.0 Å². The number of benzene rings is 1. The molecule has 0 heterocycles. The van der Waals surface area contributed by atoms with Gasteiger partial charge < -0.3 is 14.6 Å². The Morgan fingerprint density at radius 3 is 2.57 bits per heavy atom. The van der Waals surface area contributed by atoms with E-state index in [4.69, 9.17) is 9.47 Å². The van der Waals surface area contributed by atoms with Crippen molar-refractivity contribution in [1.29, 1.82) is 0 Å². The molecule has 0 bridgehead atoms. The molecule has 0 fully saturated rings. The van der Waals surface area contributed by atoms with Crippen molar-refractivity contribution in [1.82, 2.24) is 4.31 Å². The first-order chi connectivity index (χ1) is 9.97. The third-order valence-electron chi connectivity index (χ3n) is 2.98. The van der Waals surface area contributed by atoms with Crippen LogP contribution in [0.1, 0.15) is 18.9 Å². The molecule has 0 atom stereocenters. The van der Waals surface area contributed by atoms with Gasteiger partial charge in [-0.1, -0.05) is 6.92 Å². The number of hydrogen-bond donors (Lipinski definition) is 1. The van der Waals surface area contributed by atoms with Crippen LogP contribution in [0.15, 0.2) is 23.1 Å². The Morgan fingerprint density at radius 2 is 2.00 bits per heavy atom. The molecule has 21 heavy (non-hydrogen) atoms. The molecule has 6 nitrogen and oxygen atoms in total. The zero-order chi connectivity index (χ0) is 15.9. The van der Waals surface area contributed by atoms with Crippen LogP contribution in [0, 0.1) is 0 Å². The predicted molar refractivity (Wildman–Crippen MR) is 79.8 cm³/mol. The van der Waals surface area contributed by atoms with Crippen LogP contribution < -0.4 is 4.74 Å². The Hall–Kier alpha value is -1.15. The first kappa shape index (κ1) is 17.9. The second-order valence-electron chi connectivity index (χ2n) is 4.60. The lowest BCUT2D eigenvalue weighted by molar-refractivity contribution is 0.185. The fourth-order valence-corrected chi connectivity index (χ4v) is 2.92. The number of sulfonamides is 1. The average molecular weight is 317 g/mol. The first-order valence-corrected chi connectivity index (χ1v) is 8.23. The van der Waals surface area contributed by atoms with Crippen LogP contribution in [0.25, 0.3) is 0 Å². The molecular weight excluding hydrogens is 294 g/mol. The molecule has 0 saturated carbocycles. The van der Waals surface area contributed by atoms with Crippen molar-refractivity contribution in [2.45, 2.75) is 24.8 Å². The van der Waals surface area contributed by atoms with E-state index in [0.29, 0.717) is 24.5 Å². The van der Waals surface area contributed by atoms with Crippen LogP contribution in [0.3, 0.4) is 0 Å². The second-order valence-corrected chi connectivity index (χ2v) is 6.64. The maximum absolute atomic E-state index is 12.4. The summed E-state index contributed by atoms with van der Waals surface area (Å²) < 4.78 is 36.3. The van der Waals surface area contributed by atoms with Crippen molar-refractivity contribution >= 4 is 10.0 Å². The smallest absolute Gasteiger partial charge is 0.242 e. The van der Waals surface area contributed by atoms with Crippen LogP contribution >= 0.6 is 0 Å². The number of methoxy groups -OCH3 is 1. The maximum Gasteiger partial charge on any atom is 0.242 e. The SMILES string of the molecule is CCCOc1ccc(S(=O)(=O)N(C)CCOC)cc1CO. The van der Waals surface area contributed by atoms with Gasteiger partial charge in [0.1, 0.15) is 5.75 Å². The molecule has 0 unspecified atom stereocenters. The quantitative estimate of drug-likeness (QED) is 0.741. The molecule has 7 heteroatoms. The van der Waals surface area contributed by atoms with Crippen molar-refractivity contribution in [3.8, 4) is 5.75 Å². The Labute approximate surface area is 126 Å². The van der Waals surface area contributed by atoms with Gasteiger partial charge in [-0.15, -0.1) is 0 Å². The number of rotatable bonds is 9. The van der Waals surface area contributed by atoms with E-state index in [0.717, 1.165) is 6.42 Å². The highest BCUT2D eigenvalue weighted by Gasteiger charge is 2.21. The molecule has 0 aliphatic rings. The van der Waals surface area contributed by atoms with E-state index in [9.17, 15) is 13.5 Å². The van der Waals surface area contributed by atoms with Crippen molar-refractivity contribution in [3.63, 3.8) is 0 Å². The predicted octanol–water partition coefficient (Wildman–Crippen LogP) is 1.23. The maximum atomic E-state index is 12.4. The lowest BCUT2D eigenvalue weighted by atomic mass is 10.2. The molecule has 0 aliphatic carbocycles. The number of ether oxygens (including phenoxy) is 2. The van der Waals surface area contributed by atoms with E-state index in [2.05, 4.69) is 0 Å². The number of aliphatic hydroxyl groups is 1. The van der Waals surface area contributed by atoms with Crippen molar-refractivity contribution in [2.75, 3.05) is 33.9 Å². The van der Waals surface area contributed by atoms with Gasteiger partial charge in [0, 0.05) is 26.3 Å². The molecule has 0 spiro atoms. The first-order valence-electron chi connectivity index (χ1n) is 6.79. The zero-order valence-corrected chi connectivity index (χ0v) is 13.5. The molecule has 1 rings (SSSR count). The van der Waals surface area contributed by atoms with E-state index in [-0.39, 0.29) is 18.0 Å². The lowest BCUT2D eigenvalue weighted by Gasteiger charge is -2.18. The van der Waals surface area contributed by atoms with E-state index in [1.807, 2.05) is 6.92 Å². The summed E-state index contributed by atoms with van der Waals surface area (Å²) in [6, 6.07) is 4.52. The van der Waals surface area contributed by atoms with Crippen LogP contribution in [-0.4, -0.2) is 51.7 Å². The van der Waals surface area contributed by atoms with E-state index >= 15 is 0 Å². The normalized spacial score (nSPS) is 11.9.